The Bertz CT molecular complexity index is 760. The van der Waals surface area contributed by atoms with Gasteiger partial charge in [0.05, 0.1) is 27.9 Å². The largest absolute Gasteiger partial charge is 0.493 e. The molecule has 0 bridgehead atoms. The number of hydrogen-bond donors (Lipinski definition) is 1. The van der Waals surface area contributed by atoms with Crippen molar-refractivity contribution in [2.75, 3.05) is 27.9 Å². The van der Waals surface area contributed by atoms with E-state index in [2.05, 4.69) is 0 Å². The molecule has 2 unspecified atom stereocenters. The molecule has 2 aromatic carbocycles. The van der Waals surface area contributed by atoms with Crippen molar-refractivity contribution >= 4 is 5.97 Å². The molecular formula is C20H24O7. The van der Waals surface area contributed by atoms with Crippen LogP contribution in [0.4, 0.5) is 0 Å². The van der Waals surface area contributed by atoms with Crippen LogP contribution in [0, 0.1) is 0 Å². The molecule has 0 aromatic heterocycles. The number of aliphatic hydroxyl groups is 1. The average molecular weight is 376 g/mol. The molecule has 0 aliphatic carbocycles. The predicted molar refractivity (Wildman–Crippen MR) is 98.5 cm³/mol. The van der Waals surface area contributed by atoms with Crippen molar-refractivity contribution in [2.24, 2.45) is 0 Å². The maximum Gasteiger partial charge on any atom is 0.350 e. The molecule has 1 N–H and O–H groups in total. The number of esters is 1. The number of methoxy groups -OCH3 is 3. The minimum atomic E-state index is -1.30. The van der Waals surface area contributed by atoms with Crippen molar-refractivity contribution in [3.05, 3.63) is 48.0 Å². The Morgan fingerprint density at radius 3 is 2.11 bits per heavy atom. The highest BCUT2D eigenvalue weighted by molar-refractivity contribution is 5.76. The minimum absolute atomic E-state index is 0.156. The molecule has 7 nitrogen and oxygen atoms in total. The predicted octanol–water partition coefficient (Wildman–Crippen LogP) is 2.76. The Morgan fingerprint density at radius 1 is 0.926 bits per heavy atom. The first kappa shape index (κ1) is 20.4. The fourth-order valence-corrected chi connectivity index (χ4v) is 2.53. The first-order valence-electron chi connectivity index (χ1n) is 8.42. The fourth-order valence-electron chi connectivity index (χ4n) is 2.53. The second kappa shape index (κ2) is 9.68. The van der Waals surface area contributed by atoms with E-state index in [1.807, 2.05) is 0 Å². The molecule has 0 radical (unpaired) electrons. The minimum Gasteiger partial charge on any atom is -0.493 e. The van der Waals surface area contributed by atoms with Crippen LogP contribution < -0.4 is 18.9 Å². The Kier molecular flexibility index (Phi) is 7.31. The lowest BCUT2D eigenvalue weighted by molar-refractivity contribution is -0.157. The van der Waals surface area contributed by atoms with E-state index in [4.69, 9.17) is 23.7 Å². The number of carbonyl (C=O) groups is 1. The number of rotatable bonds is 9. The molecule has 27 heavy (non-hydrogen) atoms. The van der Waals surface area contributed by atoms with Gasteiger partial charge in [0.25, 0.3) is 0 Å². The molecule has 2 atom stereocenters. The smallest absolute Gasteiger partial charge is 0.350 e. The maximum absolute atomic E-state index is 12.4. The molecule has 2 rings (SSSR count). The number of para-hydroxylation sites is 2. The average Bonchev–Trinajstić information content (AvgIpc) is 2.71. The maximum atomic E-state index is 12.4. The first-order valence-corrected chi connectivity index (χ1v) is 8.42. The Balaban J connectivity index is 2.37. The summed E-state index contributed by atoms with van der Waals surface area (Å²) in [6, 6.07) is 11.7. The Hall–Kier alpha value is -2.93. The van der Waals surface area contributed by atoms with Gasteiger partial charge in [0.2, 0.25) is 6.10 Å². The SMILES string of the molecule is CCOC(=O)C(Oc1ccccc1OC)C(O)c1ccc(OC)c(OC)c1. The van der Waals surface area contributed by atoms with Crippen LogP contribution in [0.15, 0.2) is 42.5 Å². The van der Waals surface area contributed by atoms with E-state index in [0.717, 1.165) is 0 Å². The monoisotopic (exact) mass is 376 g/mol. The molecule has 0 heterocycles. The van der Waals surface area contributed by atoms with E-state index in [-0.39, 0.29) is 6.61 Å². The third-order valence-electron chi connectivity index (χ3n) is 3.88. The topological polar surface area (TPSA) is 83.5 Å². The molecule has 7 heteroatoms. The van der Waals surface area contributed by atoms with Crippen LogP contribution in [-0.4, -0.2) is 45.1 Å². The van der Waals surface area contributed by atoms with Crippen LogP contribution in [0.3, 0.4) is 0 Å². The van der Waals surface area contributed by atoms with E-state index in [1.165, 1.54) is 21.3 Å². The van der Waals surface area contributed by atoms with Crippen molar-refractivity contribution in [3.8, 4) is 23.0 Å². The lowest BCUT2D eigenvalue weighted by atomic mass is 10.0. The third-order valence-corrected chi connectivity index (χ3v) is 3.88. The first-order chi connectivity index (χ1) is 13.0. The number of hydrogen-bond acceptors (Lipinski definition) is 7. The number of carbonyl (C=O) groups excluding carboxylic acids is 1. The van der Waals surface area contributed by atoms with Crippen molar-refractivity contribution in [1.29, 1.82) is 0 Å². The molecule has 0 saturated carbocycles. The van der Waals surface area contributed by atoms with Gasteiger partial charge in [-0.1, -0.05) is 18.2 Å². The summed E-state index contributed by atoms with van der Waals surface area (Å²) in [6.07, 6.45) is -2.59. The van der Waals surface area contributed by atoms with Gasteiger partial charge in [0, 0.05) is 0 Å². The van der Waals surface area contributed by atoms with Gasteiger partial charge in [-0.25, -0.2) is 4.79 Å². The van der Waals surface area contributed by atoms with E-state index in [0.29, 0.717) is 28.6 Å². The molecule has 0 fully saturated rings. The molecule has 0 aliphatic rings. The summed E-state index contributed by atoms with van der Waals surface area (Å²) in [7, 11) is 4.49. The van der Waals surface area contributed by atoms with E-state index >= 15 is 0 Å². The number of aliphatic hydroxyl groups excluding tert-OH is 1. The van der Waals surface area contributed by atoms with Gasteiger partial charge in [0.1, 0.15) is 6.10 Å². The third kappa shape index (κ3) is 4.83. The quantitative estimate of drug-likeness (QED) is 0.674. The highest BCUT2D eigenvalue weighted by Gasteiger charge is 2.33. The lowest BCUT2D eigenvalue weighted by Crippen LogP contribution is -2.35. The van der Waals surface area contributed by atoms with Gasteiger partial charge < -0.3 is 28.8 Å². The molecule has 0 spiro atoms. The van der Waals surface area contributed by atoms with Gasteiger partial charge in [-0.05, 0) is 36.8 Å². The second-order valence-electron chi connectivity index (χ2n) is 5.50. The number of benzene rings is 2. The standard InChI is InChI=1S/C20H24O7/c1-5-26-20(22)19(27-16-9-7-6-8-14(16)23-2)18(21)13-10-11-15(24-3)17(12-13)25-4/h6-12,18-19,21H,5H2,1-4H3. The normalized spacial score (nSPS) is 12.6. The summed E-state index contributed by atoms with van der Waals surface area (Å²) in [5, 5.41) is 10.8. The zero-order valence-electron chi connectivity index (χ0n) is 15.8. The van der Waals surface area contributed by atoms with Crippen molar-refractivity contribution in [1.82, 2.24) is 0 Å². The van der Waals surface area contributed by atoms with Gasteiger partial charge >= 0.3 is 5.97 Å². The fraction of sp³-hybridized carbons (Fsp3) is 0.350. The molecule has 2 aromatic rings. The van der Waals surface area contributed by atoms with Crippen LogP contribution in [0.5, 0.6) is 23.0 Å². The van der Waals surface area contributed by atoms with Crippen LogP contribution in [-0.2, 0) is 9.53 Å². The highest BCUT2D eigenvalue weighted by atomic mass is 16.6. The summed E-state index contributed by atoms with van der Waals surface area (Å²) in [5.74, 6) is 0.996. The molecular weight excluding hydrogens is 352 g/mol. The van der Waals surface area contributed by atoms with E-state index < -0.39 is 18.2 Å². The second-order valence-corrected chi connectivity index (χ2v) is 5.50. The van der Waals surface area contributed by atoms with Gasteiger partial charge in [-0.15, -0.1) is 0 Å². The van der Waals surface area contributed by atoms with E-state index in [9.17, 15) is 9.90 Å². The highest BCUT2D eigenvalue weighted by Crippen LogP contribution is 2.34. The zero-order valence-corrected chi connectivity index (χ0v) is 15.8. The van der Waals surface area contributed by atoms with Crippen molar-refractivity contribution in [2.45, 2.75) is 19.1 Å². The summed E-state index contributed by atoms with van der Waals surface area (Å²) in [6.45, 7) is 1.84. The van der Waals surface area contributed by atoms with E-state index in [1.54, 1.807) is 49.4 Å². The molecule has 0 aliphatic heterocycles. The summed E-state index contributed by atoms with van der Waals surface area (Å²) < 4.78 is 26.5. The van der Waals surface area contributed by atoms with Crippen molar-refractivity contribution < 1.29 is 33.6 Å². The van der Waals surface area contributed by atoms with Crippen molar-refractivity contribution in [3.63, 3.8) is 0 Å². The summed E-state index contributed by atoms with van der Waals surface area (Å²) in [4.78, 5) is 12.4. The molecule has 146 valence electrons. The number of ether oxygens (including phenoxy) is 5. The summed E-state index contributed by atoms with van der Waals surface area (Å²) in [5.41, 5.74) is 0.417. The Morgan fingerprint density at radius 2 is 1.52 bits per heavy atom. The van der Waals surface area contributed by atoms with Crippen LogP contribution in [0.1, 0.15) is 18.6 Å². The van der Waals surface area contributed by atoms with Crippen LogP contribution in [0.25, 0.3) is 0 Å². The Labute approximate surface area is 158 Å². The van der Waals surface area contributed by atoms with Crippen LogP contribution >= 0.6 is 0 Å². The van der Waals surface area contributed by atoms with Gasteiger partial charge in [-0.3, -0.25) is 0 Å². The van der Waals surface area contributed by atoms with Crippen LogP contribution in [0.2, 0.25) is 0 Å². The van der Waals surface area contributed by atoms with Gasteiger partial charge in [-0.2, -0.15) is 0 Å². The molecule has 0 amide bonds. The lowest BCUT2D eigenvalue weighted by Gasteiger charge is -2.24. The molecule has 0 saturated heterocycles. The zero-order chi connectivity index (χ0) is 19.8. The van der Waals surface area contributed by atoms with Gasteiger partial charge in [0.15, 0.2) is 23.0 Å². The summed E-state index contributed by atoms with van der Waals surface area (Å²) >= 11 is 0.